The van der Waals surface area contributed by atoms with E-state index in [4.69, 9.17) is 16.2 Å². The highest BCUT2D eigenvalue weighted by atomic mass is 19.1. The Labute approximate surface area is 135 Å². The number of anilines is 3. The zero-order valence-electron chi connectivity index (χ0n) is 13.4. The van der Waals surface area contributed by atoms with Gasteiger partial charge in [-0.15, -0.1) is 0 Å². The first-order chi connectivity index (χ1) is 11.0. The third kappa shape index (κ3) is 2.60. The van der Waals surface area contributed by atoms with Gasteiger partial charge in [-0.05, 0) is 31.9 Å². The molecule has 4 N–H and O–H groups in total. The number of aliphatic imine (C=N–C) groups is 1. The number of aromatic nitrogens is 1. The molecule has 1 aromatic rings. The molecule has 1 saturated heterocycles. The number of nitrogen functional groups attached to an aromatic ring is 2. The summed E-state index contributed by atoms with van der Waals surface area (Å²) >= 11 is 0. The molecule has 0 saturated carbocycles. The van der Waals surface area contributed by atoms with Crippen molar-refractivity contribution in [1.29, 1.82) is 0 Å². The van der Waals surface area contributed by atoms with Gasteiger partial charge in [0.25, 0.3) is 0 Å². The quantitative estimate of drug-likeness (QED) is 0.874. The standard InChI is InChI=1S/C16H22FN5O/c1-16(8-10(17)9-20-15(16)23-2)12-4-3-7-22(12)13-6-5-11(18)14(19)21-13/h5-6,9,12H,3-4,7-8,18H2,1-2H3,(H2,19,21)/t12-,16?/m1/s1. The average Bonchev–Trinajstić information content (AvgIpc) is 3.00. The molecule has 0 spiro atoms. The van der Waals surface area contributed by atoms with E-state index in [1.165, 1.54) is 6.20 Å². The van der Waals surface area contributed by atoms with Crippen LogP contribution in [0.15, 0.2) is 29.2 Å². The zero-order chi connectivity index (χ0) is 16.6. The van der Waals surface area contributed by atoms with Gasteiger partial charge in [0.1, 0.15) is 17.5 Å². The van der Waals surface area contributed by atoms with Crippen molar-refractivity contribution in [1.82, 2.24) is 4.98 Å². The van der Waals surface area contributed by atoms with Gasteiger partial charge in [-0.1, -0.05) is 0 Å². The molecule has 124 valence electrons. The highest BCUT2D eigenvalue weighted by molar-refractivity contribution is 5.85. The van der Waals surface area contributed by atoms with Gasteiger partial charge in [0.15, 0.2) is 5.90 Å². The van der Waals surface area contributed by atoms with E-state index in [-0.39, 0.29) is 18.3 Å². The molecular formula is C16H22FN5O. The van der Waals surface area contributed by atoms with Gasteiger partial charge in [0.2, 0.25) is 0 Å². The molecule has 0 aliphatic carbocycles. The molecule has 1 aromatic heterocycles. The molecule has 3 rings (SSSR count). The predicted octanol–water partition coefficient (Wildman–Crippen LogP) is 2.48. The number of ether oxygens (including phenoxy) is 1. The first-order valence-corrected chi connectivity index (χ1v) is 7.71. The Balaban J connectivity index is 1.96. The van der Waals surface area contributed by atoms with E-state index < -0.39 is 5.41 Å². The highest BCUT2D eigenvalue weighted by Crippen LogP contribution is 2.43. The summed E-state index contributed by atoms with van der Waals surface area (Å²) in [4.78, 5) is 10.7. The van der Waals surface area contributed by atoms with Crippen LogP contribution in [0.2, 0.25) is 0 Å². The number of rotatable bonds is 2. The van der Waals surface area contributed by atoms with Crippen LogP contribution in [0.4, 0.5) is 21.7 Å². The summed E-state index contributed by atoms with van der Waals surface area (Å²) in [5.74, 6) is 1.39. The van der Waals surface area contributed by atoms with Crippen molar-refractivity contribution in [2.45, 2.75) is 32.2 Å². The summed E-state index contributed by atoms with van der Waals surface area (Å²) in [5.41, 5.74) is 11.5. The SMILES string of the molecule is COC1=NC=C(F)CC1(C)[C@H]1CCCN1c1ccc(N)c(N)n1. The number of hydrogen-bond donors (Lipinski definition) is 2. The van der Waals surface area contributed by atoms with Crippen molar-refractivity contribution >= 4 is 23.2 Å². The fourth-order valence-electron chi connectivity index (χ4n) is 3.63. The molecule has 2 aliphatic rings. The van der Waals surface area contributed by atoms with Crippen molar-refractivity contribution in [2.24, 2.45) is 10.4 Å². The van der Waals surface area contributed by atoms with Crippen molar-refractivity contribution < 1.29 is 9.13 Å². The molecule has 2 aliphatic heterocycles. The molecule has 3 heterocycles. The Morgan fingerprint density at radius 1 is 1.39 bits per heavy atom. The third-order valence-corrected chi connectivity index (χ3v) is 4.77. The van der Waals surface area contributed by atoms with E-state index in [0.29, 0.717) is 17.4 Å². The molecule has 0 amide bonds. The van der Waals surface area contributed by atoms with Gasteiger partial charge < -0.3 is 21.1 Å². The van der Waals surface area contributed by atoms with Crippen LogP contribution in [0.1, 0.15) is 26.2 Å². The van der Waals surface area contributed by atoms with Crippen LogP contribution in [0.5, 0.6) is 0 Å². The molecule has 0 radical (unpaired) electrons. The fourth-order valence-corrected chi connectivity index (χ4v) is 3.63. The second-order valence-electron chi connectivity index (χ2n) is 6.30. The van der Waals surface area contributed by atoms with Crippen molar-refractivity contribution in [2.75, 3.05) is 30.0 Å². The van der Waals surface area contributed by atoms with E-state index >= 15 is 0 Å². The summed E-state index contributed by atoms with van der Waals surface area (Å²) in [7, 11) is 1.58. The van der Waals surface area contributed by atoms with Gasteiger partial charge in [-0.3, -0.25) is 0 Å². The van der Waals surface area contributed by atoms with Crippen molar-refractivity contribution in [3.05, 3.63) is 24.2 Å². The Morgan fingerprint density at radius 2 is 2.17 bits per heavy atom. The Kier molecular flexibility index (Phi) is 3.87. The van der Waals surface area contributed by atoms with Crippen molar-refractivity contribution in [3.8, 4) is 0 Å². The van der Waals surface area contributed by atoms with Gasteiger partial charge in [0.05, 0.1) is 24.4 Å². The second-order valence-corrected chi connectivity index (χ2v) is 6.30. The second kappa shape index (κ2) is 5.72. The van der Waals surface area contributed by atoms with E-state index in [0.717, 1.165) is 25.2 Å². The number of allylic oxidation sites excluding steroid dienone is 1. The van der Waals surface area contributed by atoms with Crippen LogP contribution in [0, 0.1) is 5.41 Å². The van der Waals surface area contributed by atoms with Crippen LogP contribution in [0.25, 0.3) is 0 Å². The Hall–Kier alpha value is -2.31. The summed E-state index contributed by atoms with van der Waals surface area (Å²) in [5, 5.41) is 0. The molecule has 1 fully saturated rings. The first-order valence-electron chi connectivity index (χ1n) is 7.71. The van der Waals surface area contributed by atoms with Gasteiger partial charge in [0, 0.05) is 19.0 Å². The average molecular weight is 319 g/mol. The first kappa shape index (κ1) is 15.6. The van der Waals surface area contributed by atoms with Crippen LogP contribution in [-0.4, -0.2) is 30.6 Å². The van der Waals surface area contributed by atoms with E-state index in [1.807, 2.05) is 13.0 Å². The van der Waals surface area contributed by atoms with E-state index in [1.54, 1.807) is 13.2 Å². The lowest BCUT2D eigenvalue weighted by Gasteiger charge is -2.41. The van der Waals surface area contributed by atoms with E-state index in [9.17, 15) is 4.39 Å². The summed E-state index contributed by atoms with van der Waals surface area (Å²) in [6, 6.07) is 3.64. The molecule has 0 bridgehead atoms. The van der Waals surface area contributed by atoms with Crippen molar-refractivity contribution in [3.63, 3.8) is 0 Å². The van der Waals surface area contributed by atoms with Gasteiger partial charge in [-0.25, -0.2) is 14.4 Å². The lowest BCUT2D eigenvalue weighted by Crippen LogP contribution is -2.49. The van der Waals surface area contributed by atoms with Crippen LogP contribution in [-0.2, 0) is 4.74 Å². The molecule has 6 nitrogen and oxygen atoms in total. The van der Waals surface area contributed by atoms with Crippen LogP contribution >= 0.6 is 0 Å². The highest BCUT2D eigenvalue weighted by Gasteiger charge is 2.47. The lowest BCUT2D eigenvalue weighted by atomic mass is 9.76. The molecule has 23 heavy (non-hydrogen) atoms. The number of nitrogens with two attached hydrogens (primary N) is 2. The maximum atomic E-state index is 13.9. The minimum Gasteiger partial charge on any atom is -0.484 e. The number of nitrogens with zero attached hydrogens (tertiary/aromatic N) is 3. The predicted molar refractivity (Wildman–Crippen MR) is 89.8 cm³/mol. The summed E-state index contributed by atoms with van der Waals surface area (Å²) in [6.45, 7) is 2.82. The molecule has 2 atom stereocenters. The maximum absolute atomic E-state index is 13.9. The zero-order valence-corrected chi connectivity index (χ0v) is 13.4. The Bertz CT molecular complexity index is 674. The fraction of sp³-hybridized carbons (Fsp3) is 0.500. The number of hydrogen-bond acceptors (Lipinski definition) is 6. The van der Waals surface area contributed by atoms with Gasteiger partial charge in [-0.2, -0.15) is 0 Å². The monoisotopic (exact) mass is 319 g/mol. The number of methoxy groups -OCH3 is 1. The van der Waals surface area contributed by atoms with Gasteiger partial charge >= 0.3 is 0 Å². The minimum absolute atomic E-state index is 0.0381. The summed E-state index contributed by atoms with van der Waals surface area (Å²) in [6.07, 6.45) is 3.41. The Morgan fingerprint density at radius 3 is 2.87 bits per heavy atom. The molecular weight excluding hydrogens is 297 g/mol. The van der Waals surface area contributed by atoms with Crippen LogP contribution < -0.4 is 16.4 Å². The molecule has 7 heteroatoms. The smallest absolute Gasteiger partial charge is 0.196 e. The number of halogens is 1. The summed E-state index contributed by atoms with van der Waals surface area (Å²) < 4.78 is 19.4. The lowest BCUT2D eigenvalue weighted by molar-refractivity contribution is 0.250. The van der Waals surface area contributed by atoms with E-state index in [2.05, 4.69) is 14.9 Å². The minimum atomic E-state index is -0.540. The molecule has 0 aromatic carbocycles. The van der Waals surface area contributed by atoms with Crippen LogP contribution in [0.3, 0.4) is 0 Å². The number of pyridine rings is 1. The maximum Gasteiger partial charge on any atom is 0.196 e. The topological polar surface area (TPSA) is 89.8 Å². The third-order valence-electron chi connectivity index (χ3n) is 4.77. The largest absolute Gasteiger partial charge is 0.484 e. The molecule has 1 unspecified atom stereocenters. The normalized spacial score (nSPS) is 27.6.